The third kappa shape index (κ3) is 2.84. The lowest BCUT2D eigenvalue weighted by Gasteiger charge is -2.35. The average Bonchev–Trinajstić information content (AvgIpc) is 2.81. The fourth-order valence-corrected chi connectivity index (χ4v) is 3.87. The molecule has 1 fully saturated rings. The topological polar surface area (TPSA) is 51.0 Å². The van der Waals surface area contributed by atoms with Gasteiger partial charge in [-0.25, -0.2) is 9.67 Å². The molecular weight excluding hydrogens is 288 g/mol. The Balaban J connectivity index is 2.08. The number of aryl methyl sites for hydroxylation is 3. The minimum atomic E-state index is 0.123. The van der Waals surface area contributed by atoms with Crippen LogP contribution in [0.15, 0.2) is 6.07 Å². The highest BCUT2D eigenvalue weighted by Gasteiger charge is 2.28. The van der Waals surface area contributed by atoms with Crippen molar-refractivity contribution in [3.63, 3.8) is 0 Å². The average molecular weight is 314 g/mol. The molecule has 0 spiro atoms. The Morgan fingerprint density at radius 1 is 1.26 bits per heavy atom. The summed E-state index contributed by atoms with van der Waals surface area (Å²) in [5.74, 6) is 1.24. The van der Waals surface area contributed by atoms with Crippen molar-refractivity contribution >= 4 is 16.9 Å². The molecule has 0 radical (unpaired) electrons. The molecule has 5 heteroatoms. The van der Waals surface area contributed by atoms with Crippen LogP contribution in [0.4, 0.5) is 0 Å². The van der Waals surface area contributed by atoms with Crippen LogP contribution < -0.4 is 0 Å². The van der Waals surface area contributed by atoms with Crippen molar-refractivity contribution in [3.8, 4) is 0 Å². The Morgan fingerprint density at radius 2 is 1.91 bits per heavy atom. The van der Waals surface area contributed by atoms with Gasteiger partial charge in [-0.15, -0.1) is 0 Å². The summed E-state index contributed by atoms with van der Waals surface area (Å²) in [7, 11) is 0. The molecule has 1 amide bonds. The third-order valence-electron chi connectivity index (χ3n) is 4.69. The van der Waals surface area contributed by atoms with Crippen molar-refractivity contribution in [3.05, 3.63) is 23.0 Å². The van der Waals surface area contributed by atoms with Crippen LogP contribution in [0.5, 0.6) is 0 Å². The molecule has 1 aliphatic rings. The Kier molecular flexibility index (Phi) is 4.13. The first kappa shape index (κ1) is 16.0. The molecule has 2 aromatic heterocycles. The van der Waals surface area contributed by atoms with Gasteiger partial charge in [-0.2, -0.15) is 5.10 Å². The van der Waals surface area contributed by atoms with E-state index in [-0.39, 0.29) is 5.91 Å². The smallest absolute Gasteiger partial charge is 0.254 e. The van der Waals surface area contributed by atoms with E-state index >= 15 is 0 Å². The molecule has 3 heterocycles. The van der Waals surface area contributed by atoms with Crippen LogP contribution in [0.25, 0.3) is 11.0 Å². The van der Waals surface area contributed by atoms with Crippen LogP contribution >= 0.6 is 0 Å². The molecule has 2 aromatic rings. The van der Waals surface area contributed by atoms with E-state index in [1.54, 1.807) is 0 Å². The fourth-order valence-electron chi connectivity index (χ4n) is 3.87. The minimum absolute atomic E-state index is 0.123. The Labute approximate surface area is 137 Å². The van der Waals surface area contributed by atoms with Crippen molar-refractivity contribution in [2.75, 3.05) is 13.1 Å². The molecule has 2 atom stereocenters. The molecule has 5 nitrogen and oxygen atoms in total. The fraction of sp³-hybridized carbons (Fsp3) is 0.611. The van der Waals surface area contributed by atoms with Gasteiger partial charge in [0.2, 0.25) is 0 Å². The quantitative estimate of drug-likeness (QED) is 0.855. The highest BCUT2D eigenvalue weighted by molar-refractivity contribution is 6.06. The van der Waals surface area contributed by atoms with E-state index in [0.717, 1.165) is 47.6 Å². The number of pyridine rings is 1. The van der Waals surface area contributed by atoms with Crippen molar-refractivity contribution in [1.82, 2.24) is 19.7 Å². The SMILES string of the molecule is CCn1nc(C)c2c(C(=O)N3C[C@H](C)C[C@@H](C)C3)cc(C)nc21. The number of hydrogen-bond acceptors (Lipinski definition) is 3. The van der Waals surface area contributed by atoms with E-state index in [1.165, 1.54) is 6.42 Å². The predicted molar refractivity (Wildman–Crippen MR) is 91.5 cm³/mol. The maximum Gasteiger partial charge on any atom is 0.254 e. The molecule has 23 heavy (non-hydrogen) atoms. The van der Waals surface area contributed by atoms with Crippen LogP contribution in [0, 0.1) is 25.7 Å². The van der Waals surface area contributed by atoms with Gasteiger partial charge in [-0.3, -0.25) is 4.79 Å². The van der Waals surface area contributed by atoms with Crippen molar-refractivity contribution in [2.45, 2.75) is 47.6 Å². The number of amides is 1. The summed E-state index contributed by atoms with van der Waals surface area (Å²) in [6.07, 6.45) is 1.20. The maximum absolute atomic E-state index is 13.2. The van der Waals surface area contributed by atoms with Gasteiger partial charge < -0.3 is 4.90 Å². The second-order valence-corrected chi connectivity index (χ2v) is 7.07. The highest BCUT2D eigenvalue weighted by Crippen LogP contribution is 2.27. The number of carbonyl (C=O) groups excluding carboxylic acids is 1. The molecular formula is C18H26N4O. The second-order valence-electron chi connectivity index (χ2n) is 7.07. The summed E-state index contributed by atoms with van der Waals surface area (Å²) in [6, 6.07) is 1.92. The van der Waals surface area contributed by atoms with E-state index in [0.29, 0.717) is 11.8 Å². The largest absolute Gasteiger partial charge is 0.338 e. The predicted octanol–water partition coefficient (Wildman–Crippen LogP) is 3.19. The number of carbonyl (C=O) groups is 1. The monoisotopic (exact) mass is 314 g/mol. The van der Waals surface area contributed by atoms with E-state index in [2.05, 4.69) is 23.9 Å². The van der Waals surface area contributed by atoms with Crippen LogP contribution in [-0.2, 0) is 6.54 Å². The summed E-state index contributed by atoms with van der Waals surface area (Å²) < 4.78 is 1.88. The number of fused-ring (bicyclic) bond motifs is 1. The molecule has 0 bridgehead atoms. The minimum Gasteiger partial charge on any atom is -0.338 e. The number of rotatable bonds is 2. The van der Waals surface area contributed by atoms with Crippen molar-refractivity contribution in [2.24, 2.45) is 11.8 Å². The lowest BCUT2D eigenvalue weighted by atomic mass is 9.91. The number of nitrogens with zero attached hydrogens (tertiary/aromatic N) is 4. The van der Waals surface area contributed by atoms with Gasteiger partial charge in [0.05, 0.1) is 16.6 Å². The Bertz CT molecular complexity index is 739. The van der Waals surface area contributed by atoms with Gasteiger partial charge in [0.25, 0.3) is 5.91 Å². The number of aromatic nitrogens is 3. The van der Waals surface area contributed by atoms with Gasteiger partial charge >= 0.3 is 0 Å². The summed E-state index contributed by atoms with van der Waals surface area (Å²) in [4.78, 5) is 19.8. The first-order chi connectivity index (χ1) is 10.9. The van der Waals surface area contributed by atoms with Crippen molar-refractivity contribution in [1.29, 1.82) is 0 Å². The molecule has 0 aromatic carbocycles. The molecule has 1 saturated heterocycles. The lowest BCUT2D eigenvalue weighted by Crippen LogP contribution is -2.42. The van der Waals surface area contributed by atoms with Crippen LogP contribution in [0.1, 0.15) is 48.9 Å². The number of likely N-dealkylation sites (tertiary alicyclic amines) is 1. The first-order valence-electron chi connectivity index (χ1n) is 8.54. The molecule has 3 rings (SSSR count). The lowest BCUT2D eigenvalue weighted by molar-refractivity contribution is 0.0625. The van der Waals surface area contributed by atoms with Gasteiger partial charge in [-0.1, -0.05) is 13.8 Å². The maximum atomic E-state index is 13.2. The summed E-state index contributed by atoms with van der Waals surface area (Å²) in [6.45, 7) is 12.8. The zero-order chi connectivity index (χ0) is 16.7. The van der Waals surface area contributed by atoms with E-state index in [1.807, 2.05) is 36.4 Å². The molecule has 0 unspecified atom stereocenters. The molecule has 0 N–H and O–H groups in total. The normalized spacial score (nSPS) is 21.9. The van der Waals surface area contributed by atoms with Gasteiger partial charge in [0.15, 0.2) is 5.65 Å². The Morgan fingerprint density at radius 3 is 2.52 bits per heavy atom. The zero-order valence-electron chi connectivity index (χ0n) is 14.8. The Hall–Kier alpha value is -1.91. The molecule has 0 saturated carbocycles. The van der Waals surface area contributed by atoms with Gasteiger partial charge in [-0.05, 0) is 45.1 Å². The standard InChI is InChI=1S/C18H26N4O/c1-6-22-17-16(14(5)20-22)15(8-13(4)19-17)18(23)21-9-11(2)7-12(3)10-21/h8,11-12H,6-7,9-10H2,1-5H3/t11-,12-/m1/s1. The van der Waals surface area contributed by atoms with Gasteiger partial charge in [0, 0.05) is 25.3 Å². The summed E-state index contributed by atoms with van der Waals surface area (Å²) in [5.41, 5.74) is 3.34. The summed E-state index contributed by atoms with van der Waals surface area (Å²) in [5, 5.41) is 5.46. The second kappa shape index (κ2) is 5.95. The van der Waals surface area contributed by atoms with Gasteiger partial charge in [0.1, 0.15) is 0 Å². The zero-order valence-corrected chi connectivity index (χ0v) is 14.8. The highest BCUT2D eigenvalue weighted by atomic mass is 16.2. The molecule has 1 aliphatic heterocycles. The number of hydrogen-bond donors (Lipinski definition) is 0. The summed E-state index contributed by atoms with van der Waals surface area (Å²) >= 11 is 0. The van der Waals surface area contributed by atoms with Crippen LogP contribution in [0.2, 0.25) is 0 Å². The van der Waals surface area contributed by atoms with Crippen molar-refractivity contribution < 1.29 is 4.79 Å². The van der Waals surface area contributed by atoms with Crippen LogP contribution in [-0.4, -0.2) is 38.7 Å². The van der Waals surface area contributed by atoms with E-state index < -0.39 is 0 Å². The molecule has 0 aliphatic carbocycles. The molecule has 124 valence electrons. The third-order valence-corrected chi connectivity index (χ3v) is 4.69. The van der Waals surface area contributed by atoms with E-state index in [4.69, 9.17) is 0 Å². The van der Waals surface area contributed by atoms with E-state index in [9.17, 15) is 4.79 Å². The first-order valence-corrected chi connectivity index (χ1v) is 8.54. The number of piperidine rings is 1. The van der Waals surface area contributed by atoms with Crippen LogP contribution in [0.3, 0.4) is 0 Å².